The minimum atomic E-state index is -2.62. The van der Waals surface area contributed by atoms with Gasteiger partial charge in [0.1, 0.15) is 11.7 Å². The van der Waals surface area contributed by atoms with E-state index < -0.39 is 28.3 Å². The van der Waals surface area contributed by atoms with Crippen molar-refractivity contribution in [2.45, 2.75) is 164 Å². The van der Waals surface area contributed by atoms with Crippen molar-refractivity contribution in [3.63, 3.8) is 0 Å². The van der Waals surface area contributed by atoms with E-state index in [2.05, 4.69) is 136 Å². The summed E-state index contributed by atoms with van der Waals surface area (Å²) in [7, 11) is -4.78. The predicted octanol–water partition coefficient (Wildman–Crippen LogP) is 9.00. The highest BCUT2D eigenvalue weighted by molar-refractivity contribution is 8.18. The fourth-order valence-corrected chi connectivity index (χ4v) is 17.6. The molecular weight excluding hydrogens is 721 g/mol. The van der Waals surface area contributed by atoms with Gasteiger partial charge in [0, 0.05) is 25.9 Å². The van der Waals surface area contributed by atoms with E-state index in [0.717, 1.165) is 43.5 Å². The maximum absolute atomic E-state index is 12.5. The van der Waals surface area contributed by atoms with Crippen molar-refractivity contribution in [2.75, 3.05) is 18.1 Å². The summed E-state index contributed by atoms with van der Waals surface area (Å²) in [6, 6.07) is 21.7. The Morgan fingerprint density at radius 2 is 1.42 bits per heavy atom. The zero-order chi connectivity index (χ0) is 38.0. The van der Waals surface area contributed by atoms with E-state index in [1.54, 1.807) is 0 Å². The Morgan fingerprint density at radius 1 is 0.846 bits per heavy atom. The molecule has 0 radical (unpaired) electrons. The molecule has 0 amide bonds. The second-order valence-electron chi connectivity index (χ2n) is 17.7. The van der Waals surface area contributed by atoms with E-state index in [9.17, 15) is 4.79 Å². The number of hydrogen-bond acceptors (Lipinski definition) is 8. The van der Waals surface area contributed by atoms with E-state index in [1.807, 2.05) is 23.5 Å². The summed E-state index contributed by atoms with van der Waals surface area (Å²) in [4.78, 5) is 12.5. The van der Waals surface area contributed by atoms with Gasteiger partial charge in [0.05, 0.1) is 34.6 Å². The van der Waals surface area contributed by atoms with Crippen LogP contribution in [-0.4, -0.2) is 87.3 Å². The molecule has 3 aliphatic rings. The Morgan fingerprint density at radius 3 is 1.92 bits per heavy atom. The lowest BCUT2D eigenvalue weighted by molar-refractivity contribution is -0.312. The summed E-state index contributed by atoms with van der Waals surface area (Å²) in [5, 5.41) is 2.59. The molecule has 0 bridgehead atoms. The van der Waals surface area contributed by atoms with Gasteiger partial charge in [-0.3, -0.25) is 0 Å². The first-order valence-corrected chi connectivity index (χ1v) is 26.4. The number of thioether (sulfide) groups is 2. The van der Waals surface area contributed by atoms with Crippen LogP contribution in [0.5, 0.6) is 0 Å². The molecule has 0 saturated carbocycles. The summed E-state index contributed by atoms with van der Waals surface area (Å²) in [5.41, 5.74) is -0.616. The van der Waals surface area contributed by atoms with Crippen LogP contribution in [0.2, 0.25) is 23.2 Å². The molecule has 290 valence electrons. The van der Waals surface area contributed by atoms with Crippen molar-refractivity contribution in [3.8, 4) is 0 Å². The van der Waals surface area contributed by atoms with Gasteiger partial charge in [-0.25, -0.2) is 0 Å². The molecule has 52 heavy (non-hydrogen) atoms. The molecule has 0 aromatic heterocycles. The minimum Gasteiger partial charge on any atom is -0.411 e. The molecule has 2 aromatic carbocycles. The molecule has 3 aliphatic heterocycles. The Bertz CT molecular complexity index is 1400. The molecule has 3 heterocycles. The third-order valence-electron chi connectivity index (χ3n) is 12.2. The number of ether oxygens (including phenoxy) is 3. The van der Waals surface area contributed by atoms with Gasteiger partial charge < -0.3 is 27.9 Å². The van der Waals surface area contributed by atoms with Crippen molar-refractivity contribution >= 4 is 56.8 Å². The third-order valence-corrected chi connectivity index (χ3v) is 24.8. The van der Waals surface area contributed by atoms with Gasteiger partial charge in [0.15, 0.2) is 14.6 Å². The molecule has 0 N–H and O–H groups in total. The zero-order valence-electron chi connectivity index (χ0n) is 33.7. The summed E-state index contributed by atoms with van der Waals surface area (Å²) in [5.74, 6) is 1.83. The topological polar surface area (TPSA) is 63.2 Å². The largest absolute Gasteiger partial charge is 0.411 e. The quantitative estimate of drug-likeness (QED) is 0.0815. The van der Waals surface area contributed by atoms with Gasteiger partial charge in [-0.15, -0.1) is 23.5 Å². The molecule has 6 nitrogen and oxygen atoms in total. The number of carbonyl (C=O) groups excluding carboxylic acids is 1. The van der Waals surface area contributed by atoms with Crippen LogP contribution in [0.25, 0.3) is 0 Å². The summed E-state index contributed by atoms with van der Waals surface area (Å²) in [6.07, 6.45) is 3.94. The van der Waals surface area contributed by atoms with Gasteiger partial charge >= 0.3 is 0 Å². The lowest BCUT2D eigenvalue weighted by atomic mass is 9.77. The normalized spacial score (nSPS) is 29.6. The lowest BCUT2D eigenvalue weighted by Crippen LogP contribution is -2.70. The van der Waals surface area contributed by atoms with Gasteiger partial charge in [-0.2, -0.15) is 0 Å². The first-order valence-electron chi connectivity index (χ1n) is 19.6. The second-order valence-corrected chi connectivity index (χ2v) is 30.2. The van der Waals surface area contributed by atoms with Crippen LogP contribution in [0.3, 0.4) is 0 Å². The predicted molar refractivity (Wildman–Crippen MR) is 224 cm³/mol. The molecule has 3 saturated heterocycles. The molecule has 10 heteroatoms. The molecule has 5 rings (SSSR count). The Balaban J connectivity index is 1.38. The minimum absolute atomic E-state index is 0.00610. The first kappa shape index (κ1) is 42.2. The Kier molecular flexibility index (Phi) is 13.5. The highest BCUT2D eigenvalue weighted by Crippen LogP contribution is 2.54. The van der Waals surface area contributed by atoms with Crippen molar-refractivity contribution < 1.29 is 27.9 Å². The maximum Gasteiger partial charge on any atom is 0.261 e. The van der Waals surface area contributed by atoms with E-state index in [4.69, 9.17) is 23.1 Å². The SMILES string of the molecule is CCSC1(SCC)C[C@H]2O[C@@]3(C)[C@@H](O[Si](C)(C)C(C)(C)C)C[C@@H](CCCO[Si](c4ccccc4)(c4ccccc4)C(C)(C)C)O[C@@H]3C[C@@H]2O[C@@H]1C=O. The van der Waals surface area contributed by atoms with Crippen LogP contribution in [0.15, 0.2) is 60.7 Å². The number of rotatable bonds is 14. The average Bonchev–Trinajstić information content (AvgIpc) is 3.07. The standard InChI is InChI=1S/C42H66O6S2Si2/c1-12-49-42(50-13-2)29-35-34(46-38(42)30-43)28-36-41(9,47-35)37(48-51(10,11)39(3,4)5)27-31(45-36)21-20-26-44-52(40(6,7)8,32-22-16-14-17-23-32)33-24-18-15-19-25-33/h14-19,22-25,30-31,34-38H,12-13,20-21,26-29H2,1-11H3/t31-,34+,35-,36-,37+,38-,41-/m1/s1. The van der Waals surface area contributed by atoms with E-state index in [1.165, 1.54) is 10.4 Å². The van der Waals surface area contributed by atoms with E-state index in [0.29, 0.717) is 13.0 Å². The second kappa shape index (κ2) is 16.6. The number of aldehydes is 1. The number of benzene rings is 2. The molecular formula is C42H66O6S2Si2. The monoisotopic (exact) mass is 786 g/mol. The van der Waals surface area contributed by atoms with Gasteiger partial charge in [0.2, 0.25) is 0 Å². The highest BCUT2D eigenvalue weighted by atomic mass is 32.2. The molecule has 0 aliphatic carbocycles. The Labute approximate surface area is 325 Å². The van der Waals surface area contributed by atoms with Gasteiger partial charge in [-0.05, 0) is 64.8 Å². The highest BCUT2D eigenvalue weighted by Gasteiger charge is 2.61. The van der Waals surface area contributed by atoms with Crippen LogP contribution < -0.4 is 10.4 Å². The average molecular weight is 787 g/mol. The molecule has 2 aromatic rings. The van der Waals surface area contributed by atoms with E-state index >= 15 is 0 Å². The summed E-state index contributed by atoms with van der Waals surface area (Å²) >= 11 is 3.66. The van der Waals surface area contributed by atoms with Gasteiger partial charge in [0.25, 0.3) is 8.32 Å². The van der Waals surface area contributed by atoms with Crippen LogP contribution in [0.1, 0.15) is 94.4 Å². The smallest absolute Gasteiger partial charge is 0.261 e. The molecule has 3 fully saturated rings. The van der Waals surface area contributed by atoms with Crippen molar-refractivity contribution in [1.29, 1.82) is 0 Å². The van der Waals surface area contributed by atoms with Gasteiger partial charge in [-0.1, -0.05) is 116 Å². The number of fused-ring (bicyclic) bond motifs is 2. The molecule has 7 atom stereocenters. The fourth-order valence-electron chi connectivity index (χ4n) is 8.44. The maximum atomic E-state index is 12.5. The zero-order valence-corrected chi connectivity index (χ0v) is 37.4. The van der Waals surface area contributed by atoms with E-state index in [-0.39, 0.29) is 44.7 Å². The Hall–Kier alpha value is -0.956. The summed E-state index contributed by atoms with van der Waals surface area (Å²) < 4.78 is 35.2. The number of carbonyl (C=O) groups is 1. The van der Waals surface area contributed by atoms with Crippen molar-refractivity contribution in [3.05, 3.63) is 60.7 Å². The summed E-state index contributed by atoms with van der Waals surface area (Å²) in [6.45, 7) is 25.8. The van der Waals surface area contributed by atoms with Crippen LogP contribution in [-0.2, 0) is 27.9 Å². The van der Waals surface area contributed by atoms with Crippen LogP contribution in [0, 0.1) is 0 Å². The third kappa shape index (κ3) is 8.41. The molecule has 0 unspecified atom stereocenters. The van der Waals surface area contributed by atoms with Crippen molar-refractivity contribution in [1.82, 2.24) is 0 Å². The van der Waals surface area contributed by atoms with Crippen LogP contribution in [0.4, 0.5) is 0 Å². The van der Waals surface area contributed by atoms with Crippen LogP contribution >= 0.6 is 23.5 Å². The molecule has 0 spiro atoms. The van der Waals surface area contributed by atoms with Crippen molar-refractivity contribution in [2.24, 2.45) is 0 Å². The lowest BCUT2D eigenvalue weighted by Gasteiger charge is -2.59. The number of hydrogen-bond donors (Lipinski definition) is 0. The fraction of sp³-hybridized carbons (Fsp3) is 0.690. The first-order chi connectivity index (χ1) is 24.5.